The topological polar surface area (TPSA) is 76.4 Å². The first-order valence-electron chi connectivity index (χ1n) is 7.58. The van der Waals surface area contributed by atoms with Crippen LogP contribution in [0.15, 0.2) is 6.33 Å². The van der Waals surface area contributed by atoms with E-state index in [2.05, 4.69) is 27.3 Å². The minimum absolute atomic E-state index is 0.0940. The van der Waals surface area contributed by atoms with Crippen molar-refractivity contribution >= 4 is 5.91 Å². The van der Waals surface area contributed by atoms with Crippen molar-refractivity contribution < 1.29 is 9.53 Å². The van der Waals surface area contributed by atoms with E-state index in [1.165, 1.54) is 11.0 Å². The first kappa shape index (κ1) is 14.4. The van der Waals surface area contributed by atoms with Gasteiger partial charge in [-0.2, -0.15) is 0 Å². The molecule has 0 saturated carbocycles. The second-order valence-electron chi connectivity index (χ2n) is 5.69. The SMILES string of the molecule is CC[C@@H]1CN(C(=O)Cn2cnnn2)C[C@H]1N1CCOCC1. The Labute approximate surface area is 124 Å². The molecule has 0 radical (unpaired) electrons. The highest BCUT2D eigenvalue weighted by Gasteiger charge is 2.37. The molecule has 1 aromatic heterocycles. The fourth-order valence-electron chi connectivity index (χ4n) is 3.27. The second-order valence-corrected chi connectivity index (χ2v) is 5.69. The van der Waals surface area contributed by atoms with E-state index < -0.39 is 0 Å². The minimum Gasteiger partial charge on any atom is -0.379 e. The van der Waals surface area contributed by atoms with Crippen LogP contribution in [-0.2, 0) is 16.1 Å². The van der Waals surface area contributed by atoms with Crippen LogP contribution in [0.25, 0.3) is 0 Å². The molecule has 0 bridgehead atoms. The zero-order valence-corrected chi connectivity index (χ0v) is 12.4. The van der Waals surface area contributed by atoms with Gasteiger partial charge < -0.3 is 9.64 Å². The van der Waals surface area contributed by atoms with E-state index in [0.717, 1.165) is 45.8 Å². The average Bonchev–Trinajstić information content (AvgIpc) is 3.17. The van der Waals surface area contributed by atoms with E-state index in [9.17, 15) is 4.79 Å². The molecule has 116 valence electrons. The molecule has 0 unspecified atom stereocenters. The Balaban J connectivity index is 1.61. The summed E-state index contributed by atoms with van der Waals surface area (Å²) in [5.41, 5.74) is 0. The Morgan fingerprint density at radius 1 is 1.33 bits per heavy atom. The molecule has 1 aromatic rings. The first-order chi connectivity index (χ1) is 10.3. The molecule has 8 nitrogen and oxygen atoms in total. The van der Waals surface area contributed by atoms with Crippen LogP contribution in [0.4, 0.5) is 0 Å². The number of ether oxygens (including phenoxy) is 1. The Kier molecular flexibility index (Phi) is 4.45. The maximum Gasteiger partial charge on any atom is 0.244 e. The Hall–Kier alpha value is -1.54. The molecule has 3 heterocycles. The number of nitrogens with zero attached hydrogens (tertiary/aromatic N) is 6. The van der Waals surface area contributed by atoms with Crippen LogP contribution in [0.3, 0.4) is 0 Å². The number of likely N-dealkylation sites (tertiary alicyclic amines) is 1. The van der Waals surface area contributed by atoms with Gasteiger partial charge in [-0.05, 0) is 16.3 Å². The number of morpholine rings is 1. The molecule has 3 rings (SSSR count). The van der Waals surface area contributed by atoms with Crippen LogP contribution in [0, 0.1) is 5.92 Å². The molecule has 0 spiro atoms. The summed E-state index contributed by atoms with van der Waals surface area (Å²) in [5, 5.41) is 10.9. The lowest BCUT2D eigenvalue weighted by Gasteiger charge is -2.34. The Morgan fingerprint density at radius 3 is 2.81 bits per heavy atom. The number of hydrogen-bond donors (Lipinski definition) is 0. The molecule has 2 aliphatic rings. The summed E-state index contributed by atoms with van der Waals surface area (Å²) >= 11 is 0. The molecule has 2 saturated heterocycles. The number of carbonyl (C=O) groups is 1. The van der Waals surface area contributed by atoms with Crippen molar-refractivity contribution in [1.29, 1.82) is 0 Å². The molecule has 0 N–H and O–H groups in total. The van der Waals surface area contributed by atoms with Crippen LogP contribution < -0.4 is 0 Å². The lowest BCUT2D eigenvalue weighted by molar-refractivity contribution is -0.131. The first-order valence-corrected chi connectivity index (χ1v) is 7.58. The molecule has 2 fully saturated rings. The molecular formula is C13H22N6O2. The number of rotatable bonds is 4. The van der Waals surface area contributed by atoms with E-state index in [1.807, 2.05) is 4.90 Å². The quantitative estimate of drug-likeness (QED) is 0.727. The predicted molar refractivity (Wildman–Crippen MR) is 74.4 cm³/mol. The van der Waals surface area contributed by atoms with Crippen molar-refractivity contribution in [2.75, 3.05) is 39.4 Å². The number of tetrazole rings is 1. The van der Waals surface area contributed by atoms with Crippen molar-refractivity contribution in [3.63, 3.8) is 0 Å². The maximum absolute atomic E-state index is 12.4. The summed E-state index contributed by atoms with van der Waals surface area (Å²) in [6.07, 6.45) is 2.57. The molecule has 21 heavy (non-hydrogen) atoms. The Morgan fingerprint density at radius 2 is 2.14 bits per heavy atom. The number of carbonyl (C=O) groups excluding carboxylic acids is 1. The second kappa shape index (κ2) is 6.48. The van der Waals surface area contributed by atoms with Crippen LogP contribution in [0.1, 0.15) is 13.3 Å². The molecule has 2 atom stereocenters. The maximum atomic E-state index is 12.4. The highest BCUT2D eigenvalue weighted by Crippen LogP contribution is 2.25. The van der Waals surface area contributed by atoms with Gasteiger partial charge in [-0.3, -0.25) is 9.69 Å². The van der Waals surface area contributed by atoms with Gasteiger partial charge in [0.25, 0.3) is 0 Å². The van der Waals surface area contributed by atoms with Gasteiger partial charge in [0.15, 0.2) is 0 Å². The predicted octanol–water partition coefficient (Wildman–Crippen LogP) is -0.758. The third-order valence-electron chi connectivity index (χ3n) is 4.49. The molecular weight excluding hydrogens is 272 g/mol. The van der Waals surface area contributed by atoms with Crippen LogP contribution in [0.2, 0.25) is 0 Å². The van der Waals surface area contributed by atoms with E-state index >= 15 is 0 Å². The summed E-state index contributed by atoms with van der Waals surface area (Å²) < 4.78 is 6.90. The van der Waals surface area contributed by atoms with Gasteiger partial charge in [0.1, 0.15) is 12.9 Å². The third-order valence-corrected chi connectivity index (χ3v) is 4.49. The lowest BCUT2D eigenvalue weighted by Crippen LogP contribution is -2.47. The van der Waals surface area contributed by atoms with Gasteiger partial charge in [-0.15, -0.1) is 5.10 Å². The van der Waals surface area contributed by atoms with Gasteiger partial charge in [0.05, 0.1) is 13.2 Å². The van der Waals surface area contributed by atoms with Crippen molar-refractivity contribution in [2.24, 2.45) is 5.92 Å². The van der Waals surface area contributed by atoms with Crippen LogP contribution >= 0.6 is 0 Å². The number of aromatic nitrogens is 4. The van der Waals surface area contributed by atoms with E-state index in [-0.39, 0.29) is 12.5 Å². The van der Waals surface area contributed by atoms with E-state index in [4.69, 9.17) is 4.74 Å². The average molecular weight is 294 g/mol. The molecule has 1 amide bonds. The normalized spacial score (nSPS) is 27.2. The lowest BCUT2D eigenvalue weighted by atomic mass is 9.99. The van der Waals surface area contributed by atoms with Crippen molar-refractivity contribution in [3.8, 4) is 0 Å². The molecule has 0 aromatic carbocycles. The van der Waals surface area contributed by atoms with Gasteiger partial charge in [-0.25, -0.2) is 4.68 Å². The van der Waals surface area contributed by atoms with Crippen molar-refractivity contribution in [2.45, 2.75) is 25.9 Å². The van der Waals surface area contributed by atoms with Gasteiger partial charge in [0, 0.05) is 32.2 Å². The molecule has 2 aliphatic heterocycles. The largest absolute Gasteiger partial charge is 0.379 e. The van der Waals surface area contributed by atoms with Gasteiger partial charge >= 0.3 is 0 Å². The Bertz CT molecular complexity index is 459. The zero-order chi connectivity index (χ0) is 14.7. The van der Waals surface area contributed by atoms with Gasteiger partial charge in [0.2, 0.25) is 5.91 Å². The fourth-order valence-corrected chi connectivity index (χ4v) is 3.27. The number of amides is 1. The summed E-state index contributed by atoms with van der Waals surface area (Å²) in [5.74, 6) is 0.637. The van der Waals surface area contributed by atoms with Gasteiger partial charge in [-0.1, -0.05) is 13.3 Å². The summed E-state index contributed by atoms with van der Waals surface area (Å²) in [6.45, 7) is 7.59. The van der Waals surface area contributed by atoms with E-state index in [0.29, 0.717) is 12.0 Å². The monoisotopic (exact) mass is 294 g/mol. The highest BCUT2D eigenvalue weighted by atomic mass is 16.5. The number of hydrogen-bond acceptors (Lipinski definition) is 6. The highest BCUT2D eigenvalue weighted by molar-refractivity contribution is 5.76. The zero-order valence-electron chi connectivity index (χ0n) is 12.4. The van der Waals surface area contributed by atoms with Crippen molar-refractivity contribution in [1.82, 2.24) is 30.0 Å². The smallest absolute Gasteiger partial charge is 0.244 e. The standard InChI is InChI=1S/C13H22N6O2/c1-2-11-7-18(13(20)9-19-10-14-15-16-19)8-12(11)17-3-5-21-6-4-17/h10-12H,2-9H2,1H3/t11-,12-/m1/s1. The summed E-state index contributed by atoms with van der Waals surface area (Å²) in [7, 11) is 0. The third kappa shape index (κ3) is 3.21. The minimum atomic E-state index is 0.0940. The van der Waals surface area contributed by atoms with Crippen molar-refractivity contribution in [3.05, 3.63) is 6.33 Å². The van der Waals surface area contributed by atoms with Crippen LogP contribution in [-0.4, -0.2) is 81.3 Å². The fraction of sp³-hybridized carbons (Fsp3) is 0.846. The molecule has 8 heteroatoms. The van der Waals surface area contributed by atoms with E-state index in [1.54, 1.807) is 0 Å². The summed E-state index contributed by atoms with van der Waals surface area (Å²) in [4.78, 5) is 16.8. The summed E-state index contributed by atoms with van der Waals surface area (Å²) in [6, 6.07) is 0.455. The molecule has 0 aliphatic carbocycles. The van der Waals surface area contributed by atoms with Crippen LogP contribution in [0.5, 0.6) is 0 Å².